The number of hydrogen-bond acceptors (Lipinski definition) is 4. The van der Waals surface area contributed by atoms with Crippen LogP contribution in [0.1, 0.15) is 16.1 Å². The summed E-state index contributed by atoms with van der Waals surface area (Å²) in [6.45, 7) is 1.36. The van der Waals surface area contributed by atoms with E-state index >= 15 is 0 Å². The van der Waals surface area contributed by atoms with Crippen molar-refractivity contribution >= 4 is 27.3 Å². The molecule has 23 heavy (non-hydrogen) atoms. The Morgan fingerprint density at radius 1 is 1.26 bits per heavy atom. The molecule has 0 N–H and O–H groups in total. The third-order valence-electron chi connectivity index (χ3n) is 4.01. The molecule has 0 unspecified atom stereocenters. The summed E-state index contributed by atoms with van der Waals surface area (Å²) in [4.78, 5) is 19.4. The molecule has 5 heteroatoms. The molecule has 3 heterocycles. The SMILES string of the molecule is O=C(c1cc2ccccc2s1)N1CC[C@@H](Oc2cccnc2)C1. The molecule has 0 aliphatic carbocycles. The van der Waals surface area contributed by atoms with Gasteiger partial charge < -0.3 is 9.64 Å². The van der Waals surface area contributed by atoms with E-state index in [1.165, 1.54) is 0 Å². The van der Waals surface area contributed by atoms with E-state index in [1.807, 2.05) is 41.3 Å². The largest absolute Gasteiger partial charge is 0.487 e. The van der Waals surface area contributed by atoms with E-state index in [4.69, 9.17) is 4.74 Å². The fraction of sp³-hybridized carbons (Fsp3) is 0.222. The number of rotatable bonds is 3. The number of ether oxygens (including phenoxy) is 1. The molecule has 116 valence electrons. The van der Waals surface area contributed by atoms with Crippen LogP contribution in [0.15, 0.2) is 54.9 Å². The molecule has 1 aliphatic rings. The average molecular weight is 324 g/mol. The van der Waals surface area contributed by atoms with Crippen molar-refractivity contribution in [2.45, 2.75) is 12.5 Å². The summed E-state index contributed by atoms with van der Waals surface area (Å²) in [7, 11) is 0. The van der Waals surface area contributed by atoms with Crippen LogP contribution < -0.4 is 4.74 Å². The van der Waals surface area contributed by atoms with Gasteiger partial charge in [-0.1, -0.05) is 18.2 Å². The number of aromatic nitrogens is 1. The van der Waals surface area contributed by atoms with Crippen molar-refractivity contribution in [1.82, 2.24) is 9.88 Å². The summed E-state index contributed by atoms with van der Waals surface area (Å²) < 4.78 is 7.05. The zero-order valence-corrected chi connectivity index (χ0v) is 13.3. The molecule has 1 saturated heterocycles. The molecule has 0 radical (unpaired) electrons. The van der Waals surface area contributed by atoms with E-state index in [1.54, 1.807) is 23.7 Å². The molecular formula is C18H16N2O2S. The number of amides is 1. The molecule has 4 rings (SSSR count). The summed E-state index contributed by atoms with van der Waals surface area (Å²) >= 11 is 1.56. The Labute approximate surface area is 138 Å². The van der Waals surface area contributed by atoms with E-state index in [0.717, 1.165) is 33.7 Å². The van der Waals surface area contributed by atoms with Gasteiger partial charge in [-0.15, -0.1) is 11.3 Å². The molecule has 0 bridgehead atoms. The van der Waals surface area contributed by atoms with Gasteiger partial charge in [0.25, 0.3) is 5.91 Å². The Morgan fingerprint density at radius 2 is 2.17 bits per heavy atom. The number of carbonyl (C=O) groups is 1. The van der Waals surface area contributed by atoms with Crippen LogP contribution in [-0.2, 0) is 0 Å². The van der Waals surface area contributed by atoms with E-state index in [-0.39, 0.29) is 12.0 Å². The first-order valence-electron chi connectivity index (χ1n) is 7.64. The standard InChI is InChI=1S/C18H16N2O2S/c21-18(17-10-13-4-1-2-6-16(13)23-17)20-9-7-15(12-20)22-14-5-3-8-19-11-14/h1-6,8,10-11,15H,7,9,12H2/t15-/m1/s1. The van der Waals surface area contributed by atoms with Crippen LogP contribution in [0.2, 0.25) is 0 Å². The molecule has 4 nitrogen and oxygen atoms in total. The summed E-state index contributed by atoms with van der Waals surface area (Å²) in [5, 5.41) is 1.13. The Hall–Kier alpha value is -2.40. The van der Waals surface area contributed by atoms with Gasteiger partial charge in [0.05, 0.1) is 17.6 Å². The lowest BCUT2D eigenvalue weighted by atomic mass is 10.2. The van der Waals surface area contributed by atoms with E-state index in [2.05, 4.69) is 11.1 Å². The van der Waals surface area contributed by atoms with Gasteiger partial charge in [-0.2, -0.15) is 0 Å². The number of carbonyl (C=O) groups excluding carboxylic acids is 1. The number of nitrogens with zero attached hydrogens (tertiary/aromatic N) is 2. The molecule has 0 saturated carbocycles. The number of likely N-dealkylation sites (tertiary alicyclic amines) is 1. The van der Waals surface area contributed by atoms with Crippen LogP contribution in [0.3, 0.4) is 0 Å². The average Bonchev–Trinajstić information content (AvgIpc) is 3.21. The summed E-state index contributed by atoms with van der Waals surface area (Å²) in [6, 6.07) is 13.8. The third kappa shape index (κ3) is 2.92. The van der Waals surface area contributed by atoms with Gasteiger partial charge in [-0.25, -0.2) is 0 Å². The lowest BCUT2D eigenvalue weighted by molar-refractivity contribution is 0.0777. The van der Waals surface area contributed by atoms with Crippen molar-refractivity contribution in [3.63, 3.8) is 0 Å². The van der Waals surface area contributed by atoms with Crippen LogP contribution in [0.4, 0.5) is 0 Å². The Kier molecular flexibility index (Phi) is 3.71. The highest BCUT2D eigenvalue weighted by Crippen LogP contribution is 2.27. The highest BCUT2D eigenvalue weighted by molar-refractivity contribution is 7.20. The Morgan fingerprint density at radius 3 is 3.00 bits per heavy atom. The van der Waals surface area contributed by atoms with Crippen molar-refractivity contribution in [2.24, 2.45) is 0 Å². The predicted molar refractivity (Wildman–Crippen MR) is 91.0 cm³/mol. The van der Waals surface area contributed by atoms with E-state index in [9.17, 15) is 4.79 Å². The first-order valence-corrected chi connectivity index (χ1v) is 8.46. The molecule has 1 amide bonds. The summed E-state index contributed by atoms with van der Waals surface area (Å²) in [5.74, 6) is 0.858. The van der Waals surface area contributed by atoms with Gasteiger partial charge in [0.15, 0.2) is 0 Å². The van der Waals surface area contributed by atoms with Crippen molar-refractivity contribution in [3.05, 3.63) is 59.7 Å². The topological polar surface area (TPSA) is 42.4 Å². The van der Waals surface area contributed by atoms with Crippen molar-refractivity contribution in [2.75, 3.05) is 13.1 Å². The van der Waals surface area contributed by atoms with Gasteiger partial charge in [0.1, 0.15) is 11.9 Å². The number of hydrogen-bond donors (Lipinski definition) is 0. The maximum absolute atomic E-state index is 12.7. The second-order valence-corrected chi connectivity index (χ2v) is 6.70. The van der Waals surface area contributed by atoms with Gasteiger partial charge in [0.2, 0.25) is 0 Å². The second kappa shape index (κ2) is 6.01. The first kappa shape index (κ1) is 14.2. The smallest absolute Gasteiger partial charge is 0.264 e. The minimum atomic E-state index is 0.0394. The van der Waals surface area contributed by atoms with Crippen molar-refractivity contribution < 1.29 is 9.53 Å². The van der Waals surface area contributed by atoms with Crippen LogP contribution in [0.5, 0.6) is 5.75 Å². The minimum absolute atomic E-state index is 0.0394. The normalized spacial score (nSPS) is 17.6. The fourth-order valence-electron chi connectivity index (χ4n) is 2.86. The fourth-order valence-corrected chi connectivity index (χ4v) is 3.89. The third-order valence-corrected chi connectivity index (χ3v) is 5.11. The minimum Gasteiger partial charge on any atom is -0.487 e. The highest BCUT2D eigenvalue weighted by atomic mass is 32.1. The summed E-state index contributed by atoms with van der Waals surface area (Å²) in [6.07, 6.45) is 4.32. The predicted octanol–water partition coefficient (Wildman–Crippen LogP) is 3.59. The van der Waals surface area contributed by atoms with Crippen LogP contribution in [-0.4, -0.2) is 35.0 Å². The van der Waals surface area contributed by atoms with Crippen LogP contribution >= 0.6 is 11.3 Å². The zero-order chi connectivity index (χ0) is 15.6. The van der Waals surface area contributed by atoms with Crippen molar-refractivity contribution in [3.8, 4) is 5.75 Å². The quantitative estimate of drug-likeness (QED) is 0.739. The number of thiophene rings is 1. The van der Waals surface area contributed by atoms with Gasteiger partial charge in [0, 0.05) is 23.9 Å². The molecule has 3 aromatic rings. The maximum atomic E-state index is 12.7. The first-order chi connectivity index (χ1) is 11.3. The number of benzene rings is 1. The van der Waals surface area contributed by atoms with E-state index < -0.39 is 0 Å². The lowest BCUT2D eigenvalue weighted by Gasteiger charge is -2.16. The lowest BCUT2D eigenvalue weighted by Crippen LogP contribution is -2.30. The van der Waals surface area contributed by atoms with Crippen molar-refractivity contribution in [1.29, 1.82) is 0 Å². The zero-order valence-electron chi connectivity index (χ0n) is 12.5. The van der Waals surface area contributed by atoms with E-state index in [0.29, 0.717) is 6.54 Å². The summed E-state index contributed by atoms with van der Waals surface area (Å²) in [5.41, 5.74) is 0. The Balaban J connectivity index is 1.45. The molecule has 1 aliphatic heterocycles. The highest BCUT2D eigenvalue weighted by Gasteiger charge is 2.29. The molecule has 1 aromatic carbocycles. The van der Waals surface area contributed by atoms with Gasteiger partial charge in [-0.05, 0) is 29.7 Å². The van der Waals surface area contributed by atoms with Gasteiger partial charge in [-0.3, -0.25) is 9.78 Å². The number of pyridine rings is 1. The molecule has 2 aromatic heterocycles. The number of fused-ring (bicyclic) bond motifs is 1. The van der Waals surface area contributed by atoms with Gasteiger partial charge >= 0.3 is 0 Å². The monoisotopic (exact) mass is 324 g/mol. The van der Waals surface area contributed by atoms with Crippen LogP contribution in [0.25, 0.3) is 10.1 Å². The Bertz CT molecular complexity index is 798. The molecule has 0 spiro atoms. The molecule has 1 atom stereocenters. The maximum Gasteiger partial charge on any atom is 0.264 e. The second-order valence-electron chi connectivity index (χ2n) is 5.62. The molecule has 1 fully saturated rings. The molecular weight excluding hydrogens is 308 g/mol. The van der Waals surface area contributed by atoms with Crippen LogP contribution in [0, 0.1) is 0 Å².